The highest BCUT2D eigenvalue weighted by Gasteiger charge is 2.24. The van der Waals surface area contributed by atoms with Gasteiger partial charge in [0.15, 0.2) is 0 Å². The third-order valence-corrected chi connectivity index (χ3v) is 2.98. The molecule has 1 aromatic heterocycles. The van der Waals surface area contributed by atoms with E-state index in [9.17, 15) is 4.79 Å². The highest BCUT2D eigenvalue weighted by Crippen LogP contribution is 2.14. The quantitative estimate of drug-likeness (QED) is 0.718. The van der Waals surface area contributed by atoms with Crippen LogP contribution in [-0.2, 0) is 16.1 Å². The van der Waals surface area contributed by atoms with Crippen molar-refractivity contribution in [2.24, 2.45) is 5.92 Å². The van der Waals surface area contributed by atoms with Gasteiger partial charge in [-0.25, -0.2) is 0 Å². The van der Waals surface area contributed by atoms with Crippen LogP contribution in [0.4, 0.5) is 0 Å². The molecule has 4 nitrogen and oxygen atoms in total. The first-order chi connectivity index (χ1) is 7.56. The molecular weight excluding hydrogens is 206 g/mol. The zero-order valence-electron chi connectivity index (χ0n) is 10.3. The molecule has 1 rings (SSSR count). The molecule has 2 unspecified atom stereocenters. The van der Waals surface area contributed by atoms with Gasteiger partial charge in [-0.05, 0) is 26.1 Å². The van der Waals surface area contributed by atoms with Gasteiger partial charge in [0.1, 0.15) is 5.76 Å². The molecule has 1 aromatic rings. The molecule has 0 saturated heterocycles. The summed E-state index contributed by atoms with van der Waals surface area (Å²) >= 11 is 0. The third-order valence-electron chi connectivity index (χ3n) is 2.98. The number of rotatable bonds is 5. The summed E-state index contributed by atoms with van der Waals surface area (Å²) in [7, 11) is 3.38. The highest BCUT2D eigenvalue weighted by atomic mass is 16.5. The number of hydrogen-bond donors (Lipinski definition) is 0. The predicted molar refractivity (Wildman–Crippen MR) is 60.8 cm³/mol. The maximum atomic E-state index is 11.4. The van der Waals surface area contributed by atoms with Crippen molar-refractivity contribution in [3.8, 4) is 0 Å². The molecule has 0 fully saturated rings. The summed E-state index contributed by atoms with van der Waals surface area (Å²) in [5.41, 5.74) is 0. The molecule has 4 heteroatoms. The van der Waals surface area contributed by atoms with Crippen molar-refractivity contribution >= 4 is 5.97 Å². The largest absolute Gasteiger partial charge is 0.469 e. The zero-order chi connectivity index (χ0) is 12.1. The summed E-state index contributed by atoms with van der Waals surface area (Å²) < 4.78 is 9.99. The number of esters is 1. The van der Waals surface area contributed by atoms with Crippen LogP contribution < -0.4 is 0 Å². The lowest BCUT2D eigenvalue weighted by Crippen LogP contribution is -2.37. The molecule has 0 saturated carbocycles. The average molecular weight is 225 g/mol. The van der Waals surface area contributed by atoms with Gasteiger partial charge in [-0.1, -0.05) is 6.92 Å². The molecule has 90 valence electrons. The zero-order valence-corrected chi connectivity index (χ0v) is 10.3. The van der Waals surface area contributed by atoms with E-state index in [1.807, 2.05) is 33.0 Å². The molecular formula is C12H19NO3. The fourth-order valence-corrected chi connectivity index (χ4v) is 1.56. The second kappa shape index (κ2) is 5.70. The molecule has 0 aliphatic heterocycles. The number of furan rings is 1. The van der Waals surface area contributed by atoms with Crippen molar-refractivity contribution in [1.29, 1.82) is 0 Å². The van der Waals surface area contributed by atoms with Gasteiger partial charge in [0.05, 0.1) is 25.8 Å². The van der Waals surface area contributed by atoms with Crippen LogP contribution in [0.25, 0.3) is 0 Å². The van der Waals surface area contributed by atoms with E-state index < -0.39 is 0 Å². The Hall–Kier alpha value is -1.29. The van der Waals surface area contributed by atoms with Gasteiger partial charge >= 0.3 is 5.97 Å². The Bertz CT molecular complexity index is 321. The fourth-order valence-electron chi connectivity index (χ4n) is 1.56. The second-order valence-corrected chi connectivity index (χ2v) is 4.05. The van der Waals surface area contributed by atoms with Crippen molar-refractivity contribution in [3.05, 3.63) is 24.2 Å². The average Bonchev–Trinajstić information content (AvgIpc) is 2.78. The van der Waals surface area contributed by atoms with Gasteiger partial charge in [0.2, 0.25) is 0 Å². The van der Waals surface area contributed by atoms with E-state index >= 15 is 0 Å². The van der Waals surface area contributed by atoms with Crippen molar-refractivity contribution < 1.29 is 13.9 Å². The van der Waals surface area contributed by atoms with Crippen molar-refractivity contribution in [2.45, 2.75) is 26.4 Å². The molecule has 16 heavy (non-hydrogen) atoms. The van der Waals surface area contributed by atoms with Gasteiger partial charge in [0.25, 0.3) is 0 Å². The molecule has 0 spiro atoms. The predicted octanol–water partition coefficient (Wildman–Crippen LogP) is 1.91. The Morgan fingerprint density at radius 1 is 1.56 bits per heavy atom. The lowest BCUT2D eigenvalue weighted by atomic mass is 10.0. The van der Waals surface area contributed by atoms with Crippen LogP contribution >= 0.6 is 0 Å². The summed E-state index contributed by atoms with van der Waals surface area (Å²) in [6, 6.07) is 3.89. The highest BCUT2D eigenvalue weighted by molar-refractivity contribution is 5.72. The summed E-state index contributed by atoms with van der Waals surface area (Å²) in [5, 5.41) is 0. The number of methoxy groups -OCH3 is 1. The molecule has 0 aromatic carbocycles. The maximum Gasteiger partial charge on any atom is 0.309 e. The molecule has 0 amide bonds. The normalized spacial score (nSPS) is 14.8. The SMILES string of the molecule is COC(=O)C(C)C(C)N(C)Cc1ccco1. The Balaban J connectivity index is 2.53. The maximum absolute atomic E-state index is 11.4. The van der Waals surface area contributed by atoms with Crippen molar-refractivity contribution in [1.82, 2.24) is 4.90 Å². The molecule has 1 heterocycles. The van der Waals surface area contributed by atoms with Gasteiger partial charge in [-0.3, -0.25) is 9.69 Å². The minimum atomic E-state index is -0.182. The number of carbonyl (C=O) groups is 1. The first-order valence-corrected chi connectivity index (χ1v) is 5.36. The lowest BCUT2D eigenvalue weighted by molar-refractivity contribution is -0.146. The Labute approximate surface area is 96.2 Å². The van der Waals surface area contributed by atoms with Gasteiger partial charge in [-0.2, -0.15) is 0 Å². The van der Waals surface area contributed by atoms with Crippen molar-refractivity contribution in [2.75, 3.05) is 14.2 Å². The molecule has 0 radical (unpaired) electrons. The van der Waals surface area contributed by atoms with Gasteiger partial charge in [-0.15, -0.1) is 0 Å². The van der Waals surface area contributed by atoms with E-state index in [4.69, 9.17) is 9.15 Å². The van der Waals surface area contributed by atoms with Crippen LogP contribution in [0, 0.1) is 5.92 Å². The second-order valence-electron chi connectivity index (χ2n) is 4.05. The summed E-state index contributed by atoms with van der Waals surface area (Å²) in [5.74, 6) is 0.565. The number of hydrogen-bond acceptors (Lipinski definition) is 4. The molecule has 0 N–H and O–H groups in total. The van der Waals surface area contributed by atoms with E-state index in [0.717, 1.165) is 5.76 Å². The molecule has 0 aliphatic carbocycles. The third kappa shape index (κ3) is 3.10. The minimum Gasteiger partial charge on any atom is -0.469 e. The minimum absolute atomic E-state index is 0.109. The molecule has 0 aliphatic rings. The Morgan fingerprint density at radius 3 is 2.75 bits per heavy atom. The molecule has 0 bridgehead atoms. The standard InChI is InChI=1S/C12H19NO3/c1-9(12(14)15-4)10(2)13(3)8-11-6-5-7-16-11/h5-7,9-10H,8H2,1-4H3. The van der Waals surface area contributed by atoms with E-state index in [0.29, 0.717) is 6.54 Å². The first kappa shape index (κ1) is 12.8. The van der Waals surface area contributed by atoms with Crippen LogP contribution in [0.1, 0.15) is 19.6 Å². The monoisotopic (exact) mass is 225 g/mol. The molecule has 2 atom stereocenters. The van der Waals surface area contributed by atoms with Gasteiger partial charge in [0, 0.05) is 6.04 Å². The topological polar surface area (TPSA) is 42.7 Å². The smallest absolute Gasteiger partial charge is 0.309 e. The lowest BCUT2D eigenvalue weighted by Gasteiger charge is -2.27. The summed E-state index contributed by atoms with van der Waals surface area (Å²) in [6.45, 7) is 4.56. The summed E-state index contributed by atoms with van der Waals surface area (Å²) in [6.07, 6.45) is 1.65. The summed E-state index contributed by atoms with van der Waals surface area (Å²) in [4.78, 5) is 13.5. The fraction of sp³-hybridized carbons (Fsp3) is 0.583. The Morgan fingerprint density at radius 2 is 2.25 bits per heavy atom. The van der Waals surface area contributed by atoms with Crippen LogP contribution in [0.3, 0.4) is 0 Å². The van der Waals surface area contributed by atoms with Crippen LogP contribution in [0.5, 0.6) is 0 Å². The van der Waals surface area contributed by atoms with Crippen LogP contribution in [0.15, 0.2) is 22.8 Å². The Kier molecular flexibility index (Phi) is 4.55. The van der Waals surface area contributed by atoms with E-state index in [-0.39, 0.29) is 17.9 Å². The van der Waals surface area contributed by atoms with E-state index in [1.165, 1.54) is 7.11 Å². The number of ether oxygens (including phenoxy) is 1. The van der Waals surface area contributed by atoms with Crippen LogP contribution in [0.2, 0.25) is 0 Å². The number of nitrogens with zero attached hydrogens (tertiary/aromatic N) is 1. The van der Waals surface area contributed by atoms with Crippen LogP contribution in [-0.4, -0.2) is 31.1 Å². The van der Waals surface area contributed by atoms with Gasteiger partial charge < -0.3 is 9.15 Å². The number of carbonyl (C=O) groups excluding carboxylic acids is 1. The van der Waals surface area contributed by atoms with E-state index in [1.54, 1.807) is 6.26 Å². The van der Waals surface area contributed by atoms with Crippen molar-refractivity contribution in [3.63, 3.8) is 0 Å². The first-order valence-electron chi connectivity index (χ1n) is 5.36. The van der Waals surface area contributed by atoms with E-state index in [2.05, 4.69) is 4.90 Å².